The first-order valence-corrected chi connectivity index (χ1v) is 9.45. The highest BCUT2D eigenvalue weighted by molar-refractivity contribution is 7.89. The molecular weight excluding hydrogens is 312 g/mol. The van der Waals surface area contributed by atoms with Gasteiger partial charge in [0.2, 0.25) is 10.0 Å². The number of hydrogen-bond donors (Lipinski definition) is 2. The smallest absolute Gasteiger partial charge is 0.243 e. The molecule has 23 heavy (non-hydrogen) atoms. The molecular formula is C16H26N4O2S. The van der Waals surface area contributed by atoms with Gasteiger partial charge in [0.25, 0.3) is 0 Å². The molecule has 1 saturated heterocycles. The first-order valence-electron chi connectivity index (χ1n) is 8.01. The fraction of sp³-hybridized carbons (Fsp3) is 0.562. The summed E-state index contributed by atoms with van der Waals surface area (Å²) in [5.74, 6) is 0.837. The van der Waals surface area contributed by atoms with Gasteiger partial charge in [-0.3, -0.25) is 4.99 Å². The molecule has 0 aliphatic carbocycles. The van der Waals surface area contributed by atoms with Crippen LogP contribution in [0.4, 0.5) is 0 Å². The van der Waals surface area contributed by atoms with Gasteiger partial charge in [-0.1, -0.05) is 18.2 Å². The summed E-state index contributed by atoms with van der Waals surface area (Å²) in [6.45, 7) is 5.74. The third-order valence-corrected chi connectivity index (χ3v) is 5.82. The van der Waals surface area contributed by atoms with Crippen LogP contribution in [0.5, 0.6) is 0 Å². The Bertz CT molecular complexity index is 621. The molecule has 128 valence electrons. The summed E-state index contributed by atoms with van der Waals surface area (Å²) < 4.78 is 26.7. The number of aliphatic imine (C=N–C) groups is 1. The number of hydrogen-bond acceptors (Lipinski definition) is 3. The van der Waals surface area contributed by atoms with Gasteiger partial charge in [-0.25, -0.2) is 8.42 Å². The Balaban J connectivity index is 1.89. The van der Waals surface area contributed by atoms with E-state index in [9.17, 15) is 8.42 Å². The van der Waals surface area contributed by atoms with Crippen LogP contribution in [0, 0.1) is 5.92 Å². The van der Waals surface area contributed by atoms with Gasteiger partial charge in [-0.2, -0.15) is 4.31 Å². The molecule has 0 unspecified atom stereocenters. The first kappa shape index (κ1) is 17.7. The summed E-state index contributed by atoms with van der Waals surface area (Å²) >= 11 is 0. The van der Waals surface area contributed by atoms with Gasteiger partial charge in [-0.15, -0.1) is 0 Å². The van der Waals surface area contributed by atoms with Crippen molar-refractivity contribution in [2.24, 2.45) is 16.6 Å². The molecule has 1 heterocycles. The Morgan fingerprint density at radius 3 is 2.48 bits per heavy atom. The number of nitrogens with one attached hydrogen (secondary N) is 1. The second kappa shape index (κ2) is 7.79. The van der Waals surface area contributed by atoms with Crippen molar-refractivity contribution in [2.75, 3.05) is 19.6 Å². The third kappa shape index (κ3) is 4.94. The van der Waals surface area contributed by atoms with E-state index < -0.39 is 10.0 Å². The number of nitrogens with two attached hydrogens (primary N) is 1. The van der Waals surface area contributed by atoms with Gasteiger partial charge in [-0.05, 0) is 44.7 Å². The van der Waals surface area contributed by atoms with Gasteiger partial charge in [0, 0.05) is 25.7 Å². The molecule has 1 aliphatic heterocycles. The lowest BCUT2D eigenvalue weighted by Gasteiger charge is -2.30. The molecule has 1 aliphatic rings. The number of sulfonamides is 1. The van der Waals surface area contributed by atoms with E-state index in [4.69, 9.17) is 5.73 Å². The minimum atomic E-state index is -3.37. The van der Waals surface area contributed by atoms with Crippen LogP contribution >= 0.6 is 0 Å². The predicted octanol–water partition coefficient (Wildman–Crippen LogP) is 1.40. The average molecular weight is 338 g/mol. The summed E-state index contributed by atoms with van der Waals surface area (Å²) in [5, 5.41) is 3.06. The zero-order valence-electron chi connectivity index (χ0n) is 13.8. The van der Waals surface area contributed by atoms with E-state index in [1.165, 1.54) is 0 Å². The highest BCUT2D eigenvalue weighted by Gasteiger charge is 2.29. The van der Waals surface area contributed by atoms with Gasteiger partial charge in [0.1, 0.15) is 0 Å². The number of nitrogens with zero attached hydrogens (tertiary/aromatic N) is 2. The van der Waals surface area contributed by atoms with Crippen molar-refractivity contribution in [1.82, 2.24) is 9.62 Å². The van der Waals surface area contributed by atoms with Crippen molar-refractivity contribution < 1.29 is 8.42 Å². The van der Waals surface area contributed by atoms with Crippen molar-refractivity contribution >= 4 is 16.0 Å². The van der Waals surface area contributed by atoms with Crippen molar-refractivity contribution in [3.63, 3.8) is 0 Å². The molecule has 7 heteroatoms. The Labute approximate surface area is 138 Å². The monoisotopic (exact) mass is 338 g/mol. The molecule has 1 aromatic carbocycles. The predicted molar refractivity (Wildman–Crippen MR) is 92.7 cm³/mol. The van der Waals surface area contributed by atoms with Crippen LogP contribution in [0.1, 0.15) is 26.7 Å². The second-order valence-electron chi connectivity index (χ2n) is 6.19. The topological polar surface area (TPSA) is 87.8 Å². The van der Waals surface area contributed by atoms with Crippen molar-refractivity contribution in [3.05, 3.63) is 30.3 Å². The Morgan fingerprint density at radius 2 is 1.91 bits per heavy atom. The highest BCUT2D eigenvalue weighted by Crippen LogP contribution is 2.23. The van der Waals surface area contributed by atoms with Crippen LogP contribution < -0.4 is 11.1 Å². The van der Waals surface area contributed by atoms with Crippen LogP contribution in [-0.2, 0) is 10.0 Å². The van der Waals surface area contributed by atoms with Gasteiger partial charge in [0.15, 0.2) is 5.96 Å². The SMILES string of the molecule is CC(C)NC(N)=NCC1CCN(S(=O)(=O)c2ccccc2)CC1. The number of piperidine rings is 1. The lowest BCUT2D eigenvalue weighted by molar-refractivity contribution is 0.278. The molecule has 0 atom stereocenters. The Kier molecular flexibility index (Phi) is 6.01. The normalized spacial score (nSPS) is 18.3. The van der Waals surface area contributed by atoms with Crippen molar-refractivity contribution in [2.45, 2.75) is 37.6 Å². The fourth-order valence-corrected chi connectivity index (χ4v) is 4.13. The first-order chi connectivity index (χ1) is 10.9. The molecule has 3 N–H and O–H groups in total. The molecule has 0 amide bonds. The Hall–Kier alpha value is -1.60. The van der Waals surface area contributed by atoms with Crippen LogP contribution in [0.15, 0.2) is 40.2 Å². The molecule has 2 rings (SSSR count). The lowest BCUT2D eigenvalue weighted by Crippen LogP contribution is -2.40. The van der Waals surface area contributed by atoms with Crippen molar-refractivity contribution in [1.29, 1.82) is 0 Å². The van der Waals surface area contributed by atoms with E-state index in [1.54, 1.807) is 28.6 Å². The number of rotatable bonds is 5. The molecule has 0 radical (unpaired) electrons. The molecule has 1 aromatic rings. The van der Waals surface area contributed by atoms with Gasteiger partial charge in [0.05, 0.1) is 4.90 Å². The lowest BCUT2D eigenvalue weighted by atomic mass is 9.98. The van der Waals surface area contributed by atoms with E-state index in [0.717, 1.165) is 12.8 Å². The highest BCUT2D eigenvalue weighted by atomic mass is 32.2. The largest absolute Gasteiger partial charge is 0.370 e. The quantitative estimate of drug-likeness (QED) is 0.627. The van der Waals surface area contributed by atoms with Crippen LogP contribution in [0.2, 0.25) is 0 Å². The van der Waals surface area contributed by atoms with Crippen LogP contribution in [0.25, 0.3) is 0 Å². The number of guanidine groups is 1. The molecule has 0 aromatic heterocycles. The minimum absolute atomic E-state index is 0.261. The van der Waals surface area contributed by atoms with Crippen molar-refractivity contribution in [3.8, 4) is 0 Å². The summed E-state index contributed by atoms with van der Waals surface area (Å²) in [6.07, 6.45) is 1.62. The van der Waals surface area contributed by atoms with Gasteiger partial charge >= 0.3 is 0 Å². The maximum absolute atomic E-state index is 12.5. The standard InChI is InChI=1S/C16H26N4O2S/c1-13(2)19-16(17)18-12-14-8-10-20(11-9-14)23(21,22)15-6-4-3-5-7-15/h3-7,13-14H,8-12H2,1-2H3,(H3,17,18,19). The zero-order chi connectivity index (χ0) is 16.9. The molecule has 0 saturated carbocycles. The summed E-state index contributed by atoms with van der Waals surface area (Å²) in [7, 11) is -3.37. The Morgan fingerprint density at radius 1 is 1.30 bits per heavy atom. The molecule has 6 nitrogen and oxygen atoms in total. The van der Waals surface area contributed by atoms with E-state index in [-0.39, 0.29) is 6.04 Å². The third-order valence-electron chi connectivity index (χ3n) is 3.91. The van der Waals surface area contributed by atoms with Gasteiger partial charge < -0.3 is 11.1 Å². The minimum Gasteiger partial charge on any atom is -0.370 e. The van der Waals surface area contributed by atoms with E-state index in [2.05, 4.69) is 10.3 Å². The zero-order valence-corrected chi connectivity index (χ0v) is 14.6. The maximum atomic E-state index is 12.5. The number of benzene rings is 1. The van der Waals surface area contributed by atoms with Crippen LogP contribution in [-0.4, -0.2) is 44.4 Å². The fourth-order valence-electron chi connectivity index (χ4n) is 2.64. The van der Waals surface area contributed by atoms with E-state index in [0.29, 0.717) is 36.4 Å². The maximum Gasteiger partial charge on any atom is 0.243 e. The second-order valence-corrected chi connectivity index (χ2v) is 8.12. The molecule has 0 spiro atoms. The van der Waals surface area contributed by atoms with E-state index in [1.807, 2.05) is 19.9 Å². The summed E-state index contributed by atoms with van der Waals surface area (Å²) in [4.78, 5) is 4.71. The average Bonchev–Trinajstić information content (AvgIpc) is 2.53. The summed E-state index contributed by atoms with van der Waals surface area (Å²) in [6, 6.07) is 8.86. The van der Waals surface area contributed by atoms with E-state index >= 15 is 0 Å². The molecule has 0 bridgehead atoms. The molecule has 1 fully saturated rings. The van der Waals surface area contributed by atoms with Crippen LogP contribution in [0.3, 0.4) is 0 Å². The summed E-state index contributed by atoms with van der Waals surface area (Å²) in [5.41, 5.74) is 5.80.